The Balaban J connectivity index is 1.87. The number of aliphatic carboxylic acids is 1. The Hall–Kier alpha value is -2.24. The van der Waals surface area contributed by atoms with Gasteiger partial charge in [-0.3, -0.25) is 9.59 Å². The molecule has 2 rings (SSSR count). The van der Waals surface area contributed by atoms with Crippen LogP contribution >= 0.6 is 0 Å². The molecular weight excluding hydrogens is 298 g/mol. The second kappa shape index (κ2) is 7.85. The number of nitrogens with one attached hydrogen (secondary N) is 1. The van der Waals surface area contributed by atoms with Crippen molar-refractivity contribution in [3.05, 3.63) is 23.8 Å². The molecule has 0 saturated heterocycles. The van der Waals surface area contributed by atoms with Gasteiger partial charge in [0.05, 0.1) is 26.6 Å². The van der Waals surface area contributed by atoms with E-state index in [0.717, 1.165) is 5.56 Å². The van der Waals surface area contributed by atoms with Crippen molar-refractivity contribution in [2.24, 2.45) is 5.92 Å². The van der Waals surface area contributed by atoms with Crippen molar-refractivity contribution in [3.8, 4) is 11.5 Å². The zero-order chi connectivity index (χ0) is 16.8. The summed E-state index contributed by atoms with van der Waals surface area (Å²) in [4.78, 5) is 23.1. The minimum atomic E-state index is -0.736. The number of carbonyl (C=O) groups excluding carboxylic acids is 1. The number of ether oxygens (including phenoxy) is 2. The molecule has 0 unspecified atom stereocenters. The summed E-state index contributed by atoms with van der Waals surface area (Å²) in [5.41, 5.74) is 0.847. The van der Waals surface area contributed by atoms with E-state index in [1.807, 2.05) is 6.07 Å². The normalized spacial score (nSPS) is 20.6. The number of amides is 1. The molecule has 1 aliphatic carbocycles. The van der Waals surface area contributed by atoms with Crippen molar-refractivity contribution in [1.82, 2.24) is 5.32 Å². The van der Waals surface area contributed by atoms with Gasteiger partial charge in [0.15, 0.2) is 11.5 Å². The Morgan fingerprint density at radius 1 is 1.13 bits per heavy atom. The van der Waals surface area contributed by atoms with Gasteiger partial charge in [0, 0.05) is 6.04 Å². The van der Waals surface area contributed by atoms with E-state index in [1.54, 1.807) is 26.4 Å². The fourth-order valence-corrected chi connectivity index (χ4v) is 2.94. The van der Waals surface area contributed by atoms with E-state index in [2.05, 4.69) is 5.32 Å². The lowest BCUT2D eigenvalue weighted by Gasteiger charge is -2.26. The molecule has 6 heteroatoms. The van der Waals surface area contributed by atoms with Crippen molar-refractivity contribution in [1.29, 1.82) is 0 Å². The molecule has 1 saturated carbocycles. The predicted octanol–water partition coefficient (Wildman–Crippen LogP) is 2.01. The number of hydrogen-bond donors (Lipinski definition) is 2. The number of carboxylic acids is 1. The van der Waals surface area contributed by atoms with Gasteiger partial charge in [-0.1, -0.05) is 6.07 Å². The molecule has 1 aromatic carbocycles. The first-order valence-corrected chi connectivity index (χ1v) is 7.76. The molecule has 2 N–H and O–H groups in total. The smallest absolute Gasteiger partial charge is 0.306 e. The van der Waals surface area contributed by atoms with E-state index in [4.69, 9.17) is 14.6 Å². The van der Waals surface area contributed by atoms with Crippen molar-refractivity contribution >= 4 is 11.9 Å². The zero-order valence-corrected chi connectivity index (χ0v) is 13.5. The van der Waals surface area contributed by atoms with Crippen molar-refractivity contribution in [2.75, 3.05) is 14.2 Å². The van der Waals surface area contributed by atoms with Crippen molar-refractivity contribution < 1.29 is 24.2 Å². The van der Waals surface area contributed by atoms with Gasteiger partial charge in [-0.2, -0.15) is 0 Å². The molecule has 0 aliphatic heterocycles. The zero-order valence-electron chi connectivity index (χ0n) is 13.5. The Morgan fingerprint density at radius 3 is 2.35 bits per heavy atom. The number of methoxy groups -OCH3 is 2. The van der Waals surface area contributed by atoms with Gasteiger partial charge in [-0.05, 0) is 43.4 Å². The Morgan fingerprint density at radius 2 is 1.78 bits per heavy atom. The van der Waals surface area contributed by atoms with Gasteiger partial charge in [0.25, 0.3) is 0 Å². The largest absolute Gasteiger partial charge is 0.493 e. The van der Waals surface area contributed by atoms with Gasteiger partial charge in [0.2, 0.25) is 5.91 Å². The van der Waals surface area contributed by atoms with Crippen LogP contribution in [0.5, 0.6) is 11.5 Å². The van der Waals surface area contributed by atoms with Crippen LogP contribution in [-0.4, -0.2) is 37.2 Å². The molecular formula is C17H23NO5. The number of rotatable bonds is 6. The lowest BCUT2D eigenvalue weighted by Crippen LogP contribution is -2.39. The number of benzene rings is 1. The molecule has 126 valence electrons. The highest BCUT2D eigenvalue weighted by Gasteiger charge is 2.26. The van der Waals surface area contributed by atoms with Crippen LogP contribution in [0.1, 0.15) is 31.2 Å². The van der Waals surface area contributed by atoms with Gasteiger partial charge >= 0.3 is 5.97 Å². The van der Waals surface area contributed by atoms with E-state index in [-0.39, 0.29) is 24.3 Å². The molecule has 1 aromatic rings. The van der Waals surface area contributed by atoms with Crippen LogP contribution in [0.2, 0.25) is 0 Å². The first kappa shape index (κ1) is 17.1. The summed E-state index contributed by atoms with van der Waals surface area (Å²) in [5, 5.41) is 12.0. The highest BCUT2D eigenvalue weighted by molar-refractivity contribution is 5.79. The molecule has 1 fully saturated rings. The quantitative estimate of drug-likeness (QED) is 0.837. The molecule has 1 aliphatic rings. The molecule has 6 nitrogen and oxygen atoms in total. The molecule has 0 aromatic heterocycles. The lowest BCUT2D eigenvalue weighted by molar-refractivity contribution is -0.142. The molecule has 0 heterocycles. The number of hydrogen-bond acceptors (Lipinski definition) is 4. The maximum atomic E-state index is 12.2. The molecule has 0 spiro atoms. The van der Waals surface area contributed by atoms with Crippen LogP contribution in [0.4, 0.5) is 0 Å². The summed E-state index contributed by atoms with van der Waals surface area (Å²) in [6, 6.07) is 5.47. The first-order chi connectivity index (χ1) is 11.0. The fraction of sp³-hybridized carbons (Fsp3) is 0.529. The third-order valence-corrected chi connectivity index (χ3v) is 4.25. The molecule has 0 atom stereocenters. The number of carbonyl (C=O) groups is 2. The molecule has 0 bridgehead atoms. The minimum Gasteiger partial charge on any atom is -0.493 e. The second-order valence-electron chi connectivity index (χ2n) is 5.82. The maximum Gasteiger partial charge on any atom is 0.306 e. The summed E-state index contributed by atoms with van der Waals surface area (Å²) in [6.07, 6.45) is 2.94. The summed E-state index contributed by atoms with van der Waals surface area (Å²) in [6.45, 7) is 0. The van der Waals surface area contributed by atoms with Crippen LogP contribution in [0.25, 0.3) is 0 Å². The topological polar surface area (TPSA) is 84.9 Å². The SMILES string of the molecule is COc1ccc(CC(=O)NC2CCC(C(=O)O)CC2)cc1OC. The van der Waals surface area contributed by atoms with Crippen molar-refractivity contribution in [3.63, 3.8) is 0 Å². The molecule has 0 radical (unpaired) electrons. The Bertz CT molecular complexity index is 564. The van der Waals surface area contributed by atoms with E-state index in [0.29, 0.717) is 37.2 Å². The third-order valence-electron chi connectivity index (χ3n) is 4.25. The van der Waals surface area contributed by atoms with Crippen LogP contribution in [0, 0.1) is 5.92 Å². The Kier molecular flexibility index (Phi) is 5.84. The minimum absolute atomic E-state index is 0.0593. The second-order valence-corrected chi connectivity index (χ2v) is 5.82. The van der Waals surface area contributed by atoms with Gasteiger partial charge in [-0.25, -0.2) is 0 Å². The highest BCUT2D eigenvalue weighted by Crippen LogP contribution is 2.28. The maximum absolute atomic E-state index is 12.2. The third kappa shape index (κ3) is 4.61. The van der Waals surface area contributed by atoms with E-state index in [1.165, 1.54) is 0 Å². The molecule has 1 amide bonds. The van der Waals surface area contributed by atoms with E-state index in [9.17, 15) is 9.59 Å². The first-order valence-electron chi connectivity index (χ1n) is 7.76. The summed E-state index contributed by atoms with van der Waals surface area (Å²) >= 11 is 0. The standard InChI is InChI=1S/C17H23NO5/c1-22-14-8-3-11(9-15(14)23-2)10-16(19)18-13-6-4-12(5-7-13)17(20)21/h3,8-9,12-13H,4-7,10H2,1-2H3,(H,18,19)(H,20,21). The van der Waals surface area contributed by atoms with Crippen LogP contribution in [0.15, 0.2) is 18.2 Å². The average Bonchev–Trinajstić information content (AvgIpc) is 2.55. The van der Waals surface area contributed by atoms with Crippen LogP contribution in [0.3, 0.4) is 0 Å². The fourth-order valence-electron chi connectivity index (χ4n) is 2.94. The summed E-state index contributed by atoms with van der Waals surface area (Å²) in [7, 11) is 3.13. The van der Waals surface area contributed by atoms with Gasteiger partial charge in [0.1, 0.15) is 0 Å². The van der Waals surface area contributed by atoms with E-state index < -0.39 is 5.97 Å². The van der Waals surface area contributed by atoms with Crippen molar-refractivity contribution in [2.45, 2.75) is 38.1 Å². The van der Waals surface area contributed by atoms with Gasteiger partial charge < -0.3 is 19.9 Å². The predicted molar refractivity (Wildman–Crippen MR) is 84.8 cm³/mol. The van der Waals surface area contributed by atoms with E-state index >= 15 is 0 Å². The summed E-state index contributed by atoms with van der Waals surface area (Å²) < 4.78 is 10.4. The number of carboxylic acid groups (broad SMARTS) is 1. The average molecular weight is 321 g/mol. The monoisotopic (exact) mass is 321 g/mol. The highest BCUT2D eigenvalue weighted by atomic mass is 16.5. The van der Waals surface area contributed by atoms with Gasteiger partial charge in [-0.15, -0.1) is 0 Å². The summed E-state index contributed by atoms with van der Waals surface area (Å²) in [5.74, 6) is 0.161. The lowest BCUT2D eigenvalue weighted by atomic mass is 9.86. The van der Waals surface area contributed by atoms with Crippen LogP contribution < -0.4 is 14.8 Å². The Labute approximate surface area is 135 Å². The van der Waals surface area contributed by atoms with Crippen LogP contribution in [-0.2, 0) is 16.0 Å². The molecule has 23 heavy (non-hydrogen) atoms.